The van der Waals surface area contributed by atoms with E-state index < -0.39 is 0 Å². The number of carbonyl (C=O) groups is 1. The van der Waals surface area contributed by atoms with Crippen molar-refractivity contribution in [2.45, 2.75) is 31.7 Å². The van der Waals surface area contributed by atoms with Crippen molar-refractivity contribution in [3.63, 3.8) is 0 Å². The van der Waals surface area contributed by atoms with E-state index in [1.54, 1.807) is 12.3 Å². The fourth-order valence-electron chi connectivity index (χ4n) is 2.83. The summed E-state index contributed by atoms with van der Waals surface area (Å²) in [5, 5.41) is 5.09. The van der Waals surface area contributed by atoms with Crippen LogP contribution < -0.4 is 10.9 Å². The van der Waals surface area contributed by atoms with Crippen molar-refractivity contribution in [1.82, 2.24) is 10.3 Å². The van der Waals surface area contributed by atoms with E-state index in [2.05, 4.69) is 10.3 Å². The molecule has 110 valence electrons. The number of H-pyrrole nitrogens is 1. The molecule has 2 aromatic rings. The van der Waals surface area contributed by atoms with Gasteiger partial charge in [0.25, 0.3) is 5.56 Å². The number of aromatic amines is 1. The lowest BCUT2D eigenvalue weighted by Gasteiger charge is -2.22. The van der Waals surface area contributed by atoms with Crippen molar-refractivity contribution < 1.29 is 4.79 Å². The molecular formula is C16H17ClN2O2. The monoisotopic (exact) mass is 304 g/mol. The van der Waals surface area contributed by atoms with Crippen LogP contribution in [0.1, 0.15) is 24.8 Å². The molecule has 0 radical (unpaired) electrons. The average Bonchev–Trinajstić information content (AvgIpc) is 2.50. The topological polar surface area (TPSA) is 62.0 Å². The zero-order chi connectivity index (χ0) is 14.8. The number of aromatic nitrogens is 1. The molecule has 0 amide bonds. The van der Waals surface area contributed by atoms with Gasteiger partial charge in [0.1, 0.15) is 0 Å². The molecule has 1 aromatic carbocycles. The van der Waals surface area contributed by atoms with Crippen molar-refractivity contribution >= 4 is 28.2 Å². The van der Waals surface area contributed by atoms with Gasteiger partial charge in [-0.1, -0.05) is 18.0 Å². The third-order valence-corrected chi connectivity index (χ3v) is 4.36. The highest BCUT2D eigenvalue weighted by molar-refractivity contribution is 6.32. The minimum absolute atomic E-state index is 0.0651. The number of benzene rings is 1. The maximum absolute atomic E-state index is 12.3. The lowest BCUT2D eigenvalue weighted by Crippen LogP contribution is -2.41. The molecule has 4 nitrogen and oxygen atoms in total. The summed E-state index contributed by atoms with van der Waals surface area (Å²) in [6.45, 7) is 0.900. The van der Waals surface area contributed by atoms with Gasteiger partial charge in [-0.05, 0) is 48.5 Å². The highest BCUT2D eigenvalue weighted by Crippen LogP contribution is 2.23. The maximum atomic E-state index is 12.3. The summed E-state index contributed by atoms with van der Waals surface area (Å²) >= 11 is 6.23. The van der Waals surface area contributed by atoms with Crippen molar-refractivity contribution in [3.8, 4) is 0 Å². The van der Waals surface area contributed by atoms with E-state index in [1.165, 1.54) is 0 Å². The number of ketones is 1. The molecule has 0 spiro atoms. The fourth-order valence-corrected chi connectivity index (χ4v) is 3.06. The molecule has 2 heterocycles. The van der Waals surface area contributed by atoms with Crippen molar-refractivity contribution in [3.05, 3.63) is 45.3 Å². The summed E-state index contributed by atoms with van der Waals surface area (Å²) in [5.74, 6) is 0.167. The first-order valence-corrected chi connectivity index (χ1v) is 7.59. The summed E-state index contributed by atoms with van der Waals surface area (Å²) in [6.07, 6.45) is 5.02. The highest BCUT2D eigenvalue weighted by atomic mass is 35.5. The minimum Gasteiger partial charge on any atom is -0.329 e. The number of hydrogen-bond acceptors (Lipinski definition) is 3. The van der Waals surface area contributed by atoms with Crippen LogP contribution in [-0.4, -0.2) is 23.4 Å². The third-order valence-electron chi connectivity index (χ3n) is 4.00. The van der Waals surface area contributed by atoms with Gasteiger partial charge in [0.15, 0.2) is 5.78 Å². The first-order chi connectivity index (χ1) is 10.1. The van der Waals surface area contributed by atoms with Gasteiger partial charge in [0.05, 0.1) is 6.04 Å². The van der Waals surface area contributed by atoms with Crippen LogP contribution in [0.5, 0.6) is 0 Å². The molecule has 1 atom stereocenters. The minimum atomic E-state index is -0.166. The largest absolute Gasteiger partial charge is 0.329 e. The molecule has 1 fully saturated rings. The second-order valence-electron chi connectivity index (χ2n) is 5.48. The van der Waals surface area contributed by atoms with E-state index in [4.69, 9.17) is 11.6 Å². The maximum Gasteiger partial charge on any atom is 0.255 e. The molecule has 0 saturated carbocycles. The van der Waals surface area contributed by atoms with Gasteiger partial charge in [-0.25, -0.2) is 0 Å². The lowest BCUT2D eigenvalue weighted by molar-refractivity contribution is -0.120. The van der Waals surface area contributed by atoms with Gasteiger partial charge in [-0.15, -0.1) is 0 Å². The lowest BCUT2D eigenvalue weighted by atomic mass is 9.96. The van der Waals surface area contributed by atoms with Gasteiger partial charge < -0.3 is 10.3 Å². The van der Waals surface area contributed by atoms with Crippen LogP contribution in [0.2, 0.25) is 5.02 Å². The van der Waals surface area contributed by atoms with Crippen LogP contribution in [0.25, 0.3) is 10.8 Å². The molecular weight excluding hydrogens is 288 g/mol. The number of halogens is 1. The Labute approximate surface area is 127 Å². The van der Waals surface area contributed by atoms with Crippen LogP contribution in [0.15, 0.2) is 29.2 Å². The average molecular weight is 305 g/mol. The third kappa shape index (κ3) is 3.01. The van der Waals surface area contributed by atoms with E-state index in [-0.39, 0.29) is 17.4 Å². The standard InChI is InChI=1S/C16H17ClN2O2/c17-13-9-12-10(4-6-19-16(12)21)7-11(13)8-15(20)14-3-1-2-5-18-14/h4,6-7,9,14,18H,1-3,5,8H2,(H,19,21)/t14-/m0/s1. The number of hydrogen-bond donors (Lipinski definition) is 2. The Balaban J connectivity index is 1.88. The SMILES string of the molecule is O=C(Cc1cc2cc[nH]c(=O)c2cc1Cl)[C@@H]1CCCCN1. The number of nitrogens with one attached hydrogen (secondary N) is 2. The summed E-state index contributed by atoms with van der Waals surface area (Å²) in [7, 11) is 0. The number of pyridine rings is 1. The Morgan fingerprint density at radius 3 is 2.95 bits per heavy atom. The molecule has 21 heavy (non-hydrogen) atoms. The first-order valence-electron chi connectivity index (χ1n) is 7.21. The fraction of sp³-hybridized carbons (Fsp3) is 0.375. The predicted molar refractivity (Wildman–Crippen MR) is 83.9 cm³/mol. The smallest absolute Gasteiger partial charge is 0.255 e. The first kappa shape index (κ1) is 14.3. The van der Waals surface area contributed by atoms with Crippen LogP contribution in [-0.2, 0) is 11.2 Å². The summed E-state index contributed by atoms with van der Waals surface area (Å²) in [5.41, 5.74) is 0.619. The van der Waals surface area contributed by atoms with Crippen LogP contribution in [0, 0.1) is 0 Å². The molecule has 0 aliphatic carbocycles. The molecule has 5 heteroatoms. The molecule has 0 bridgehead atoms. The van der Waals surface area contributed by atoms with E-state index >= 15 is 0 Å². The number of rotatable bonds is 3. The Kier molecular flexibility index (Phi) is 4.08. The number of Topliss-reactive ketones (excluding diaryl/α,β-unsaturated/α-hetero) is 1. The Morgan fingerprint density at radius 2 is 2.19 bits per heavy atom. The molecule has 3 rings (SSSR count). The van der Waals surface area contributed by atoms with Crippen molar-refractivity contribution in [2.75, 3.05) is 6.54 Å². The van der Waals surface area contributed by atoms with Crippen molar-refractivity contribution in [1.29, 1.82) is 0 Å². The normalized spacial score (nSPS) is 18.8. The van der Waals surface area contributed by atoms with Gasteiger partial charge in [0, 0.05) is 23.0 Å². The summed E-state index contributed by atoms with van der Waals surface area (Å²) in [6, 6.07) is 5.24. The Hall–Kier alpha value is -1.65. The molecule has 2 N–H and O–H groups in total. The Bertz CT molecular complexity index is 733. The summed E-state index contributed by atoms with van der Waals surface area (Å²) < 4.78 is 0. The zero-order valence-electron chi connectivity index (χ0n) is 11.6. The highest BCUT2D eigenvalue weighted by Gasteiger charge is 2.21. The second-order valence-corrected chi connectivity index (χ2v) is 5.89. The summed E-state index contributed by atoms with van der Waals surface area (Å²) in [4.78, 5) is 26.7. The van der Waals surface area contributed by atoms with Gasteiger partial charge in [-0.2, -0.15) is 0 Å². The van der Waals surface area contributed by atoms with Crippen LogP contribution >= 0.6 is 11.6 Å². The quantitative estimate of drug-likeness (QED) is 0.915. The molecule has 1 aliphatic heterocycles. The van der Waals surface area contributed by atoms with Crippen LogP contribution in [0.4, 0.5) is 0 Å². The van der Waals surface area contributed by atoms with E-state index in [9.17, 15) is 9.59 Å². The predicted octanol–water partition coefficient (Wildman–Crippen LogP) is 2.44. The molecule has 1 aliphatic rings. The number of carbonyl (C=O) groups excluding carboxylic acids is 1. The van der Waals surface area contributed by atoms with Gasteiger partial charge in [-0.3, -0.25) is 9.59 Å². The number of fused-ring (bicyclic) bond motifs is 1. The van der Waals surface area contributed by atoms with E-state index in [1.807, 2.05) is 12.1 Å². The van der Waals surface area contributed by atoms with Gasteiger partial charge in [0.2, 0.25) is 0 Å². The Morgan fingerprint density at radius 1 is 1.33 bits per heavy atom. The van der Waals surface area contributed by atoms with E-state index in [0.717, 1.165) is 36.8 Å². The van der Waals surface area contributed by atoms with Gasteiger partial charge >= 0.3 is 0 Å². The van der Waals surface area contributed by atoms with E-state index in [0.29, 0.717) is 16.8 Å². The second kappa shape index (κ2) is 6.00. The molecule has 1 saturated heterocycles. The number of piperidine rings is 1. The van der Waals surface area contributed by atoms with Crippen LogP contribution in [0.3, 0.4) is 0 Å². The zero-order valence-corrected chi connectivity index (χ0v) is 12.4. The molecule has 1 aromatic heterocycles. The molecule has 0 unspecified atom stereocenters. The van der Waals surface area contributed by atoms with Crippen molar-refractivity contribution in [2.24, 2.45) is 0 Å².